The maximum Gasteiger partial charge on any atom is 0.340 e. The molecule has 0 atom stereocenters. The molecule has 1 heterocycles. The number of nitrogens with zero attached hydrogens (tertiary/aromatic N) is 1. The number of halogens is 1. The maximum atomic E-state index is 13.7. The lowest BCUT2D eigenvalue weighted by molar-refractivity contribution is 0.0527. The number of para-hydroxylation sites is 1. The first kappa shape index (κ1) is 20.0. The molecule has 0 aliphatic rings. The summed E-state index contributed by atoms with van der Waals surface area (Å²) in [5, 5.41) is 5.74. The average molecular weight is 393 g/mol. The summed E-state index contributed by atoms with van der Waals surface area (Å²) in [6.07, 6.45) is 1.49. The van der Waals surface area contributed by atoms with E-state index in [9.17, 15) is 14.0 Å². The van der Waals surface area contributed by atoms with Crippen molar-refractivity contribution in [1.82, 2.24) is 4.98 Å². The molecule has 0 aliphatic heterocycles. The first-order valence-electron chi connectivity index (χ1n) is 9.09. The summed E-state index contributed by atoms with van der Waals surface area (Å²) in [7, 11) is 0. The van der Waals surface area contributed by atoms with Gasteiger partial charge in [0.1, 0.15) is 11.5 Å². The number of amides is 1. The van der Waals surface area contributed by atoms with Gasteiger partial charge in [0.15, 0.2) is 0 Å². The minimum Gasteiger partial charge on any atom is -0.462 e. The third-order valence-electron chi connectivity index (χ3n) is 4.11. The van der Waals surface area contributed by atoms with Crippen LogP contribution in [0.4, 0.5) is 15.8 Å². The molecule has 0 fully saturated rings. The lowest BCUT2D eigenvalue weighted by atomic mass is 10.1. The van der Waals surface area contributed by atoms with E-state index in [2.05, 4.69) is 15.6 Å². The highest BCUT2D eigenvalue weighted by Crippen LogP contribution is 2.18. The van der Waals surface area contributed by atoms with E-state index >= 15 is 0 Å². The van der Waals surface area contributed by atoms with E-state index in [1.165, 1.54) is 12.3 Å². The van der Waals surface area contributed by atoms with Crippen molar-refractivity contribution in [2.45, 2.75) is 13.5 Å². The van der Waals surface area contributed by atoms with Crippen molar-refractivity contribution in [3.8, 4) is 0 Å². The SMILES string of the molecule is CCOC(=O)c1ccccc1NC(=O)c1ccc(NCc2ccccc2F)cn1. The molecule has 1 aromatic heterocycles. The van der Waals surface area contributed by atoms with Crippen LogP contribution in [0.3, 0.4) is 0 Å². The Kier molecular flexibility index (Phi) is 6.52. The summed E-state index contributed by atoms with van der Waals surface area (Å²) in [5.74, 6) is -1.25. The highest BCUT2D eigenvalue weighted by molar-refractivity contribution is 6.07. The Labute approximate surface area is 167 Å². The molecule has 3 aromatic rings. The van der Waals surface area contributed by atoms with E-state index in [4.69, 9.17) is 4.74 Å². The molecule has 2 N–H and O–H groups in total. The smallest absolute Gasteiger partial charge is 0.340 e. The average Bonchev–Trinajstić information content (AvgIpc) is 2.74. The Morgan fingerprint density at radius 3 is 2.52 bits per heavy atom. The van der Waals surface area contributed by atoms with Crippen LogP contribution in [0.1, 0.15) is 33.3 Å². The van der Waals surface area contributed by atoms with Crippen molar-refractivity contribution < 1.29 is 18.7 Å². The number of ether oxygens (including phenoxy) is 1. The molecule has 7 heteroatoms. The van der Waals surface area contributed by atoms with E-state index in [1.807, 2.05) is 0 Å². The van der Waals surface area contributed by atoms with Gasteiger partial charge >= 0.3 is 5.97 Å². The van der Waals surface area contributed by atoms with Crippen LogP contribution in [-0.2, 0) is 11.3 Å². The molecule has 3 rings (SSSR count). The lowest BCUT2D eigenvalue weighted by Gasteiger charge is -2.11. The third kappa shape index (κ3) is 5.16. The standard InChI is InChI=1S/C22H20FN3O3/c1-2-29-22(28)17-8-4-6-10-19(17)26-21(27)20-12-11-16(14-25-20)24-13-15-7-3-5-9-18(15)23/h3-12,14,24H,2,13H2,1H3,(H,26,27). The van der Waals surface area contributed by atoms with Gasteiger partial charge in [0.25, 0.3) is 5.91 Å². The van der Waals surface area contributed by atoms with Crippen LogP contribution in [0.25, 0.3) is 0 Å². The summed E-state index contributed by atoms with van der Waals surface area (Å²) in [5.41, 5.74) is 1.98. The molecule has 0 saturated carbocycles. The van der Waals surface area contributed by atoms with Crippen molar-refractivity contribution in [3.05, 3.63) is 89.5 Å². The Balaban J connectivity index is 1.65. The molecule has 2 aromatic carbocycles. The first-order chi connectivity index (χ1) is 14.1. The molecule has 0 radical (unpaired) electrons. The van der Waals surface area contributed by atoms with Crippen LogP contribution in [-0.4, -0.2) is 23.5 Å². The van der Waals surface area contributed by atoms with Crippen LogP contribution >= 0.6 is 0 Å². The monoisotopic (exact) mass is 393 g/mol. The molecule has 148 valence electrons. The molecule has 0 saturated heterocycles. The molecular formula is C22H20FN3O3. The Hall–Kier alpha value is -3.74. The van der Waals surface area contributed by atoms with Crippen LogP contribution in [0.5, 0.6) is 0 Å². The topological polar surface area (TPSA) is 80.3 Å². The molecule has 0 spiro atoms. The third-order valence-corrected chi connectivity index (χ3v) is 4.11. The predicted molar refractivity (Wildman–Crippen MR) is 108 cm³/mol. The second kappa shape index (κ2) is 9.45. The van der Waals surface area contributed by atoms with Gasteiger partial charge in [0.2, 0.25) is 0 Å². The van der Waals surface area contributed by atoms with Gasteiger partial charge in [-0.25, -0.2) is 14.2 Å². The lowest BCUT2D eigenvalue weighted by Crippen LogP contribution is -2.17. The Bertz CT molecular complexity index is 1010. The molecule has 29 heavy (non-hydrogen) atoms. The zero-order valence-electron chi connectivity index (χ0n) is 15.8. The van der Waals surface area contributed by atoms with Gasteiger partial charge in [-0.2, -0.15) is 0 Å². The van der Waals surface area contributed by atoms with Crippen LogP contribution in [0.15, 0.2) is 66.9 Å². The van der Waals surface area contributed by atoms with Crippen molar-refractivity contribution in [3.63, 3.8) is 0 Å². The first-order valence-corrected chi connectivity index (χ1v) is 9.09. The maximum absolute atomic E-state index is 13.7. The number of pyridine rings is 1. The van der Waals surface area contributed by atoms with Gasteiger partial charge in [0, 0.05) is 12.1 Å². The molecular weight excluding hydrogens is 373 g/mol. The van der Waals surface area contributed by atoms with Crippen LogP contribution < -0.4 is 10.6 Å². The van der Waals surface area contributed by atoms with E-state index in [1.54, 1.807) is 61.5 Å². The van der Waals surface area contributed by atoms with Gasteiger partial charge in [-0.15, -0.1) is 0 Å². The number of esters is 1. The number of nitrogens with one attached hydrogen (secondary N) is 2. The van der Waals surface area contributed by atoms with Crippen molar-refractivity contribution in [2.75, 3.05) is 17.2 Å². The Morgan fingerprint density at radius 1 is 1.03 bits per heavy atom. The van der Waals surface area contributed by atoms with Gasteiger partial charge < -0.3 is 15.4 Å². The van der Waals surface area contributed by atoms with Crippen molar-refractivity contribution in [2.24, 2.45) is 0 Å². The van der Waals surface area contributed by atoms with Crippen LogP contribution in [0, 0.1) is 5.82 Å². The number of aromatic nitrogens is 1. The fraction of sp³-hybridized carbons (Fsp3) is 0.136. The zero-order valence-corrected chi connectivity index (χ0v) is 15.8. The number of benzene rings is 2. The highest BCUT2D eigenvalue weighted by atomic mass is 19.1. The Morgan fingerprint density at radius 2 is 1.79 bits per heavy atom. The predicted octanol–water partition coefficient (Wildman–Crippen LogP) is 4.26. The number of carbonyl (C=O) groups is 2. The van der Waals surface area contributed by atoms with Crippen molar-refractivity contribution in [1.29, 1.82) is 0 Å². The molecule has 6 nitrogen and oxygen atoms in total. The van der Waals surface area contributed by atoms with Gasteiger partial charge in [-0.05, 0) is 37.3 Å². The molecule has 1 amide bonds. The number of carbonyl (C=O) groups excluding carboxylic acids is 2. The van der Waals surface area contributed by atoms with Gasteiger partial charge in [-0.1, -0.05) is 30.3 Å². The van der Waals surface area contributed by atoms with E-state index in [0.717, 1.165) is 0 Å². The minimum absolute atomic E-state index is 0.181. The van der Waals surface area contributed by atoms with Crippen LogP contribution in [0.2, 0.25) is 0 Å². The fourth-order valence-corrected chi connectivity index (χ4v) is 2.64. The number of hydrogen-bond donors (Lipinski definition) is 2. The second-order valence-electron chi connectivity index (χ2n) is 6.10. The van der Waals surface area contributed by atoms with E-state index in [-0.39, 0.29) is 23.7 Å². The number of rotatable bonds is 7. The molecule has 0 unspecified atom stereocenters. The normalized spacial score (nSPS) is 10.3. The molecule has 0 aliphatic carbocycles. The minimum atomic E-state index is -0.510. The van der Waals surface area contributed by atoms with E-state index < -0.39 is 11.9 Å². The highest BCUT2D eigenvalue weighted by Gasteiger charge is 2.15. The molecule has 0 bridgehead atoms. The summed E-state index contributed by atoms with van der Waals surface area (Å²) < 4.78 is 18.7. The number of anilines is 2. The summed E-state index contributed by atoms with van der Waals surface area (Å²) >= 11 is 0. The zero-order chi connectivity index (χ0) is 20.6. The van der Waals surface area contributed by atoms with E-state index in [0.29, 0.717) is 23.5 Å². The van der Waals surface area contributed by atoms with Gasteiger partial charge in [0.05, 0.1) is 29.7 Å². The summed E-state index contributed by atoms with van der Waals surface area (Å²) in [4.78, 5) is 28.6. The quantitative estimate of drug-likeness (QED) is 0.586. The fourth-order valence-electron chi connectivity index (χ4n) is 2.64. The van der Waals surface area contributed by atoms with Crippen molar-refractivity contribution >= 4 is 23.3 Å². The summed E-state index contributed by atoms with van der Waals surface area (Å²) in [6.45, 7) is 2.25. The second-order valence-corrected chi connectivity index (χ2v) is 6.10. The van der Waals surface area contributed by atoms with Gasteiger partial charge in [-0.3, -0.25) is 4.79 Å². The summed E-state index contributed by atoms with van der Waals surface area (Å²) in [6, 6.07) is 16.3. The number of hydrogen-bond acceptors (Lipinski definition) is 5. The largest absolute Gasteiger partial charge is 0.462 e.